The van der Waals surface area contributed by atoms with Gasteiger partial charge in [-0.25, -0.2) is 4.39 Å². The number of rotatable bonds is 5. The lowest BCUT2D eigenvalue weighted by Crippen LogP contribution is -2.25. The second-order valence-electron chi connectivity index (χ2n) is 6.82. The van der Waals surface area contributed by atoms with E-state index in [1.54, 1.807) is 25.5 Å². The molecule has 27 heavy (non-hydrogen) atoms. The summed E-state index contributed by atoms with van der Waals surface area (Å²) in [7, 11) is 1.67. The number of halogens is 1. The lowest BCUT2D eigenvalue weighted by molar-refractivity contribution is -0.117. The number of carbonyl (C=O) groups is 1. The van der Waals surface area contributed by atoms with Crippen LogP contribution in [0.5, 0.6) is 5.75 Å². The van der Waals surface area contributed by atoms with Gasteiger partial charge in [-0.2, -0.15) is 0 Å². The molecule has 0 aliphatic carbocycles. The molecule has 0 radical (unpaired) electrons. The van der Waals surface area contributed by atoms with Crippen LogP contribution in [0.15, 0.2) is 41.4 Å². The Kier molecular flexibility index (Phi) is 5.89. The SMILES string of the molecule is CCc1ccc(C(C)C=NC2CCc3c(F)cccc3NC2=O)cc1OC. The maximum atomic E-state index is 14.0. The summed E-state index contributed by atoms with van der Waals surface area (Å²) in [6.45, 7) is 4.13. The third-order valence-corrected chi connectivity index (χ3v) is 5.05. The Labute approximate surface area is 159 Å². The van der Waals surface area contributed by atoms with Gasteiger partial charge in [0.05, 0.1) is 7.11 Å². The third-order valence-electron chi connectivity index (χ3n) is 5.05. The van der Waals surface area contributed by atoms with Crippen LogP contribution in [0.25, 0.3) is 0 Å². The molecule has 1 aliphatic rings. The average Bonchev–Trinajstić information content (AvgIpc) is 2.84. The normalized spacial score (nSPS) is 17.9. The monoisotopic (exact) mass is 368 g/mol. The summed E-state index contributed by atoms with van der Waals surface area (Å²) in [6, 6.07) is 10.4. The second kappa shape index (κ2) is 8.33. The van der Waals surface area contributed by atoms with Gasteiger partial charge in [-0.05, 0) is 48.6 Å². The number of benzene rings is 2. The van der Waals surface area contributed by atoms with Crippen molar-refractivity contribution in [1.29, 1.82) is 0 Å². The van der Waals surface area contributed by atoms with Gasteiger partial charge in [-0.1, -0.05) is 32.0 Å². The molecule has 2 aromatic rings. The predicted octanol–water partition coefficient (Wildman–Crippen LogP) is 4.52. The lowest BCUT2D eigenvalue weighted by atomic mass is 9.99. The van der Waals surface area contributed by atoms with Gasteiger partial charge in [0.1, 0.15) is 17.6 Å². The zero-order chi connectivity index (χ0) is 19.4. The summed E-state index contributed by atoms with van der Waals surface area (Å²) in [4.78, 5) is 17.0. The summed E-state index contributed by atoms with van der Waals surface area (Å²) < 4.78 is 19.4. The van der Waals surface area contributed by atoms with Crippen molar-refractivity contribution >= 4 is 17.8 Å². The summed E-state index contributed by atoms with van der Waals surface area (Å²) in [5.74, 6) is 0.434. The first-order chi connectivity index (χ1) is 13.0. The largest absolute Gasteiger partial charge is 0.496 e. The molecule has 1 aliphatic heterocycles. The molecule has 0 spiro atoms. The number of nitrogens with one attached hydrogen (secondary N) is 1. The topological polar surface area (TPSA) is 50.7 Å². The van der Waals surface area contributed by atoms with Crippen molar-refractivity contribution in [3.8, 4) is 5.75 Å². The Morgan fingerprint density at radius 2 is 2.19 bits per heavy atom. The number of nitrogens with zero attached hydrogens (tertiary/aromatic N) is 1. The zero-order valence-electron chi connectivity index (χ0n) is 16.0. The van der Waals surface area contributed by atoms with Crippen molar-refractivity contribution in [1.82, 2.24) is 0 Å². The number of ether oxygens (including phenoxy) is 1. The highest BCUT2D eigenvalue weighted by atomic mass is 19.1. The number of methoxy groups -OCH3 is 1. The third kappa shape index (κ3) is 4.18. The van der Waals surface area contributed by atoms with E-state index in [0.717, 1.165) is 23.3 Å². The summed E-state index contributed by atoms with van der Waals surface area (Å²) in [5.41, 5.74) is 3.34. The first kappa shape index (κ1) is 19.1. The van der Waals surface area contributed by atoms with Crippen LogP contribution in [-0.4, -0.2) is 25.3 Å². The van der Waals surface area contributed by atoms with Crippen LogP contribution in [0.1, 0.15) is 42.9 Å². The van der Waals surface area contributed by atoms with Crippen molar-refractivity contribution in [3.05, 3.63) is 58.9 Å². The fourth-order valence-corrected chi connectivity index (χ4v) is 3.36. The highest BCUT2D eigenvalue weighted by molar-refractivity contribution is 5.97. The molecule has 1 N–H and O–H groups in total. The van der Waals surface area contributed by atoms with Gasteiger partial charge in [0, 0.05) is 23.4 Å². The minimum absolute atomic E-state index is 0.0416. The van der Waals surface area contributed by atoms with Crippen LogP contribution < -0.4 is 10.1 Å². The molecular weight excluding hydrogens is 343 g/mol. The van der Waals surface area contributed by atoms with Crippen LogP contribution in [0, 0.1) is 5.82 Å². The van der Waals surface area contributed by atoms with E-state index in [4.69, 9.17) is 4.74 Å². The molecule has 5 heteroatoms. The van der Waals surface area contributed by atoms with Gasteiger partial charge < -0.3 is 10.1 Å². The molecule has 1 amide bonds. The van der Waals surface area contributed by atoms with Gasteiger partial charge >= 0.3 is 0 Å². The number of hydrogen-bond donors (Lipinski definition) is 1. The maximum Gasteiger partial charge on any atom is 0.249 e. The first-order valence-electron chi connectivity index (χ1n) is 9.31. The fraction of sp³-hybridized carbons (Fsp3) is 0.364. The molecule has 4 nitrogen and oxygen atoms in total. The Morgan fingerprint density at radius 3 is 2.93 bits per heavy atom. The number of anilines is 1. The van der Waals surface area contributed by atoms with Crippen molar-refractivity contribution in [3.63, 3.8) is 0 Å². The fourth-order valence-electron chi connectivity index (χ4n) is 3.36. The molecule has 2 aromatic carbocycles. The van der Waals surface area contributed by atoms with Crippen LogP contribution in [0.3, 0.4) is 0 Å². The van der Waals surface area contributed by atoms with Crippen LogP contribution in [0.4, 0.5) is 10.1 Å². The van der Waals surface area contributed by atoms with Gasteiger partial charge in [0.25, 0.3) is 0 Å². The standard InChI is InChI=1S/C22H25FN2O2/c1-4-15-8-9-16(12-21(15)27-3)14(2)13-24-20-11-10-17-18(23)6-5-7-19(17)25-22(20)26/h5-9,12-14,20H,4,10-11H2,1-3H3,(H,25,26). The molecule has 1 heterocycles. The van der Waals surface area contributed by atoms with E-state index in [9.17, 15) is 9.18 Å². The number of hydrogen-bond acceptors (Lipinski definition) is 3. The zero-order valence-corrected chi connectivity index (χ0v) is 16.0. The molecule has 0 saturated carbocycles. The number of aliphatic imine (C=N–C) groups is 1. The molecule has 0 saturated heterocycles. The molecule has 2 unspecified atom stereocenters. The maximum absolute atomic E-state index is 14.0. The molecule has 0 aromatic heterocycles. The van der Waals surface area contributed by atoms with E-state index in [0.29, 0.717) is 24.1 Å². The first-order valence-corrected chi connectivity index (χ1v) is 9.31. The van der Waals surface area contributed by atoms with E-state index in [-0.39, 0.29) is 17.6 Å². The minimum atomic E-state index is -0.518. The number of carbonyl (C=O) groups excluding carboxylic acids is 1. The highest BCUT2D eigenvalue weighted by Crippen LogP contribution is 2.27. The van der Waals surface area contributed by atoms with Crippen molar-refractivity contribution in [2.24, 2.45) is 4.99 Å². The van der Waals surface area contributed by atoms with E-state index >= 15 is 0 Å². The van der Waals surface area contributed by atoms with Crippen molar-refractivity contribution in [2.75, 3.05) is 12.4 Å². The van der Waals surface area contributed by atoms with Crippen LogP contribution in [-0.2, 0) is 17.6 Å². The Hall–Kier alpha value is -2.69. The summed E-state index contributed by atoms with van der Waals surface area (Å²) in [6.07, 6.45) is 3.68. The van der Waals surface area contributed by atoms with Crippen molar-refractivity contribution in [2.45, 2.75) is 45.1 Å². The quantitative estimate of drug-likeness (QED) is 0.789. The van der Waals surface area contributed by atoms with Gasteiger partial charge in [0.15, 0.2) is 0 Å². The van der Waals surface area contributed by atoms with Crippen LogP contribution in [0.2, 0.25) is 0 Å². The van der Waals surface area contributed by atoms with E-state index < -0.39 is 6.04 Å². The van der Waals surface area contributed by atoms with Crippen molar-refractivity contribution < 1.29 is 13.9 Å². The summed E-state index contributed by atoms with van der Waals surface area (Å²) >= 11 is 0. The number of amides is 1. The van der Waals surface area contributed by atoms with E-state index in [1.807, 2.05) is 13.0 Å². The summed E-state index contributed by atoms with van der Waals surface area (Å²) in [5, 5.41) is 2.80. The molecule has 0 bridgehead atoms. The average molecular weight is 368 g/mol. The molecule has 142 valence electrons. The molecular formula is C22H25FN2O2. The van der Waals surface area contributed by atoms with Gasteiger partial charge in [-0.15, -0.1) is 0 Å². The molecule has 3 rings (SSSR count). The minimum Gasteiger partial charge on any atom is -0.496 e. The lowest BCUT2D eigenvalue weighted by Gasteiger charge is -2.13. The Balaban J connectivity index is 1.74. The van der Waals surface area contributed by atoms with Gasteiger partial charge in [0.2, 0.25) is 5.91 Å². The second-order valence-corrected chi connectivity index (χ2v) is 6.82. The molecule has 0 fully saturated rings. The Bertz CT molecular complexity index is 863. The van der Waals surface area contributed by atoms with E-state index in [2.05, 4.69) is 29.4 Å². The smallest absolute Gasteiger partial charge is 0.249 e. The molecule has 2 atom stereocenters. The van der Waals surface area contributed by atoms with Gasteiger partial charge in [-0.3, -0.25) is 9.79 Å². The van der Waals surface area contributed by atoms with Crippen LogP contribution >= 0.6 is 0 Å². The number of fused-ring (bicyclic) bond motifs is 1. The van der Waals surface area contributed by atoms with E-state index in [1.165, 1.54) is 6.07 Å². The highest BCUT2D eigenvalue weighted by Gasteiger charge is 2.24. The predicted molar refractivity (Wildman–Crippen MR) is 106 cm³/mol. The number of aryl methyl sites for hydroxylation is 1. The Morgan fingerprint density at radius 1 is 1.37 bits per heavy atom.